The van der Waals surface area contributed by atoms with Crippen LogP contribution >= 0.6 is 15.9 Å². The van der Waals surface area contributed by atoms with E-state index in [1.54, 1.807) is 0 Å². The third-order valence-electron chi connectivity index (χ3n) is 3.42. The van der Waals surface area contributed by atoms with Gasteiger partial charge < -0.3 is 10.5 Å². The van der Waals surface area contributed by atoms with Crippen molar-refractivity contribution in [3.05, 3.63) is 40.5 Å². The lowest BCUT2D eigenvalue weighted by Gasteiger charge is -2.29. The van der Waals surface area contributed by atoms with Gasteiger partial charge in [0.1, 0.15) is 0 Å². The number of ether oxygens (including phenoxy) is 1. The Kier molecular flexibility index (Phi) is 3.33. The summed E-state index contributed by atoms with van der Waals surface area (Å²) in [6.45, 7) is 0.781. The molecule has 1 saturated heterocycles. The average Bonchev–Trinajstić information content (AvgIpc) is 2.41. The van der Waals surface area contributed by atoms with Gasteiger partial charge in [-0.15, -0.1) is 0 Å². The number of fused-ring (bicyclic) bond motifs is 1. The maximum Gasteiger partial charge on any atom is 0.0996 e. The van der Waals surface area contributed by atoms with Crippen LogP contribution in [0.15, 0.2) is 34.9 Å². The molecule has 0 amide bonds. The molecule has 2 aromatic rings. The molecular weight excluding hydrogens is 292 g/mol. The minimum Gasteiger partial charge on any atom is -0.372 e. The largest absolute Gasteiger partial charge is 0.372 e. The molecule has 1 fully saturated rings. The maximum atomic E-state index is 6.18. The third kappa shape index (κ3) is 2.05. The highest BCUT2D eigenvalue weighted by molar-refractivity contribution is 9.10. The molecule has 0 aliphatic carbocycles. The Bertz CT molecular complexity index is 573. The van der Waals surface area contributed by atoms with Gasteiger partial charge in [0, 0.05) is 34.3 Å². The fraction of sp³-hybridized carbons (Fsp3) is 0.357. The normalized spacial score (nSPS) is 24.3. The molecule has 0 radical (unpaired) electrons. The van der Waals surface area contributed by atoms with Gasteiger partial charge in [-0.3, -0.25) is 4.98 Å². The van der Waals surface area contributed by atoms with Crippen LogP contribution in [0.25, 0.3) is 10.9 Å². The zero-order valence-corrected chi connectivity index (χ0v) is 11.6. The van der Waals surface area contributed by atoms with Crippen molar-refractivity contribution < 1.29 is 4.74 Å². The van der Waals surface area contributed by atoms with E-state index in [9.17, 15) is 0 Å². The first kappa shape index (κ1) is 12.1. The van der Waals surface area contributed by atoms with Crippen LogP contribution in [0.5, 0.6) is 0 Å². The average molecular weight is 307 g/mol. The molecule has 1 aliphatic heterocycles. The second-order valence-electron chi connectivity index (χ2n) is 4.63. The van der Waals surface area contributed by atoms with Gasteiger partial charge in [0.25, 0.3) is 0 Å². The zero-order valence-electron chi connectivity index (χ0n) is 9.97. The minimum absolute atomic E-state index is 0.0377. The molecule has 3 nitrogen and oxygen atoms in total. The molecule has 0 saturated carbocycles. The summed E-state index contributed by atoms with van der Waals surface area (Å²) in [7, 11) is 0. The number of hydrogen-bond acceptors (Lipinski definition) is 3. The number of hydrogen-bond donors (Lipinski definition) is 1. The molecule has 0 bridgehead atoms. The van der Waals surface area contributed by atoms with Crippen molar-refractivity contribution in [1.29, 1.82) is 0 Å². The Morgan fingerprint density at radius 2 is 2.22 bits per heavy atom. The topological polar surface area (TPSA) is 48.1 Å². The molecule has 18 heavy (non-hydrogen) atoms. The quantitative estimate of drug-likeness (QED) is 0.880. The Morgan fingerprint density at radius 3 is 3.06 bits per heavy atom. The van der Waals surface area contributed by atoms with Crippen molar-refractivity contribution in [2.75, 3.05) is 6.61 Å². The monoisotopic (exact) mass is 306 g/mol. The lowest BCUT2D eigenvalue weighted by atomic mass is 9.95. The van der Waals surface area contributed by atoms with Crippen molar-refractivity contribution in [3.63, 3.8) is 0 Å². The molecule has 1 aliphatic rings. The van der Waals surface area contributed by atoms with E-state index in [1.165, 1.54) is 0 Å². The van der Waals surface area contributed by atoms with E-state index in [0.29, 0.717) is 0 Å². The van der Waals surface area contributed by atoms with Crippen molar-refractivity contribution in [2.24, 2.45) is 5.73 Å². The van der Waals surface area contributed by atoms with Gasteiger partial charge in [0.15, 0.2) is 0 Å². The smallest absolute Gasteiger partial charge is 0.0996 e. The molecule has 3 rings (SSSR count). The number of benzene rings is 1. The third-order valence-corrected chi connectivity index (χ3v) is 4.11. The van der Waals surface area contributed by atoms with Crippen LogP contribution in [0.4, 0.5) is 0 Å². The van der Waals surface area contributed by atoms with E-state index < -0.39 is 0 Å². The molecular formula is C14H15BrN2O. The molecule has 1 aromatic carbocycles. The van der Waals surface area contributed by atoms with E-state index >= 15 is 0 Å². The molecule has 4 heteroatoms. The second-order valence-corrected chi connectivity index (χ2v) is 5.49. The predicted octanol–water partition coefficient (Wildman–Crippen LogP) is 3.18. The van der Waals surface area contributed by atoms with Crippen molar-refractivity contribution in [1.82, 2.24) is 4.98 Å². The van der Waals surface area contributed by atoms with Crippen LogP contribution in [0.3, 0.4) is 0 Å². The van der Waals surface area contributed by atoms with Crippen LogP contribution in [0, 0.1) is 0 Å². The lowest BCUT2D eigenvalue weighted by molar-refractivity contribution is 0.000923. The Labute approximate surface area is 114 Å². The Morgan fingerprint density at radius 1 is 1.33 bits per heavy atom. The molecule has 2 unspecified atom stereocenters. The SMILES string of the molecule is NC1CCCOC1c1ccc(Br)c2cccnc12. The first-order chi connectivity index (χ1) is 8.77. The van der Waals surface area contributed by atoms with Crippen molar-refractivity contribution in [2.45, 2.75) is 25.0 Å². The van der Waals surface area contributed by atoms with Crippen LogP contribution in [-0.2, 0) is 4.74 Å². The summed E-state index contributed by atoms with van der Waals surface area (Å²) < 4.78 is 6.90. The van der Waals surface area contributed by atoms with Crippen LogP contribution in [-0.4, -0.2) is 17.6 Å². The van der Waals surface area contributed by atoms with Gasteiger partial charge in [-0.2, -0.15) is 0 Å². The number of pyridine rings is 1. The lowest BCUT2D eigenvalue weighted by Crippen LogP contribution is -2.34. The van der Waals surface area contributed by atoms with E-state index in [4.69, 9.17) is 10.5 Å². The van der Waals surface area contributed by atoms with E-state index in [-0.39, 0.29) is 12.1 Å². The summed E-state index contributed by atoms with van der Waals surface area (Å²) in [5, 5.41) is 1.11. The number of halogens is 1. The summed E-state index contributed by atoms with van der Waals surface area (Å²) in [5.74, 6) is 0. The van der Waals surface area contributed by atoms with E-state index in [2.05, 4.69) is 33.0 Å². The molecule has 94 valence electrons. The molecule has 0 spiro atoms. The van der Waals surface area contributed by atoms with Crippen molar-refractivity contribution in [3.8, 4) is 0 Å². The van der Waals surface area contributed by atoms with Crippen LogP contribution < -0.4 is 5.73 Å². The fourth-order valence-electron chi connectivity index (χ4n) is 2.51. The van der Waals surface area contributed by atoms with Gasteiger partial charge in [0.2, 0.25) is 0 Å². The first-order valence-corrected chi connectivity index (χ1v) is 6.97. The van der Waals surface area contributed by atoms with Gasteiger partial charge in [-0.25, -0.2) is 0 Å². The molecule has 2 N–H and O–H groups in total. The van der Waals surface area contributed by atoms with E-state index in [0.717, 1.165) is 40.4 Å². The van der Waals surface area contributed by atoms with Crippen molar-refractivity contribution >= 4 is 26.8 Å². The first-order valence-electron chi connectivity index (χ1n) is 6.17. The Hall–Kier alpha value is -0.970. The highest BCUT2D eigenvalue weighted by Gasteiger charge is 2.26. The summed E-state index contributed by atoms with van der Waals surface area (Å²) in [6, 6.07) is 8.17. The van der Waals surface area contributed by atoms with Gasteiger partial charge >= 0.3 is 0 Å². The Balaban J connectivity index is 2.14. The van der Waals surface area contributed by atoms with Crippen LogP contribution in [0.1, 0.15) is 24.5 Å². The number of nitrogens with two attached hydrogens (primary N) is 1. The molecule has 2 heterocycles. The van der Waals surface area contributed by atoms with E-state index in [1.807, 2.05) is 18.3 Å². The minimum atomic E-state index is -0.0377. The highest BCUT2D eigenvalue weighted by Crippen LogP contribution is 2.34. The van der Waals surface area contributed by atoms with Crippen LogP contribution in [0.2, 0.25) is 0 Å². The second kappa shape index (κ2) is 4.96. The number of aromatic nitrogens is 1. The summed E-state index contributed by atoms with van der Waals surface area (Å²) in [4.78, 5) is 4.49. The van der Waals surface area contributed by atoms with Gasteiger partial charge in [-0.1, -0.05) is 28.1 Å². The molecule has 2 atom stereocenters. The fourth-order valence-corrected chi connectivity index (χ4v) is 2.97. The summed E-state index contributed by atoms with van der Waals surface area (Å²) in [6.07, 6.45) is 3.82. The maximum absolute atomic E-state index is 6.18. The zero-order chi connectivity index (χ0) is 12.5. The van der Waals surface area contributed by atoms with Gasteiger partial charge in [-0.05, 0) is 25.0 Å². The predicted molar refractivity (Wildman–Crippen MR) is 75.3 cm³/mol. The summed E-state index contributed by atoms with van der Waals surface area (Å²) in [5.41, 5.74) is 8.25. The summed E-state index contributed by atoms with van der Waals surface area (Å²) >= 11 is 3.56. The standard InChI is InChI=1S/C14H15BrN2O/c15-11-6-5-10(13-9(11)3-1-7-17-13)14-12(16)4-2-8-18-14/h1,3,5-7,12,14H,2,4,8,16H2. The number of rotatable bonds is 1. The molecule has 1 aromatic heterocycles. The number of nitrogens with zero attached hydrogens (tertiary/aromatic N) is 1. The highest BCUT2D eigenvalue weighted by atomic mass is 79.9. The van der Waals surface area contributed by atoms with Gasteiger partial charge in [0.05, 0.1) is 11.6 Å².